The summed E-state index contributed by atoms with van der Waals surface area (Å²) < 4.78 is 0. The molecule has 0 aromatic heterocycles. The van der Waals surface area contributed by atoms with Crippen molar-refractivity contribution in [2.24, 2.45) is 0 Å². The maximum atomic E-state index is 12.8. The Kier molecular flexibility index (Phi) is 3.89. The first-order chi connectivity index (χ1) is 11.7. The van der Waals surface area contributed by atoms with E-state index in [1.807, 2.05) is 29.2 Å². The predicted octanol–water partition coefficient (Wildman–Crippen LogP) is 3.43. The summed E-state index contributed by atoms with van der Waals surface area (Å²) in [7, 11) is 0. The number of amides is 2. The molecule has 1 fully saturated rings. The zero-order chi connectivity index (χ0) is 16.5. The van der Waals surface area contributed by atoms with Crippen molar-refractivity contribution < 1.29 is 4.79 Å². The Morgan fingerprint density at radius 3 is 2.67 bits per heavy atom. The van der Waals surface area contributed by atoms with Crippen LogP contribution >= 0.6 is 0 Å². The van der Waals surface area contributed by atoms with Crippen molar-refractivity contribution in [3.8, 4) is 0 Å². The van der Waals surface area contributed by atoms with Crippen molar-refractivity contribution in [3.63, 3.8) is 0 Å². The molecule has 0 spiro atoms. The van der Waals surface area contributed by atoms with Crippen LogP contribution in [0.25, 0.3) is 0 Å². The van der Waals surface area contributed by atoms with E-state index < -0.39 is 0 Å². The number of para-hydroxylation sites is 2. The standard InChI is InChI=1S/C20H23N3O/c1-15-13-16-7-5-6-10-19(16)23(15)20(24)21-17-11-12-22(14-17)18-8-3-2-4-9-18/h2-10,15,17H,11-14H2,1H3,(H,21,24). The molecule has 2 unspecified atom stereocenters. The van der Waals surface area contributed by atoms with Gasteiger partial charge in [0.2, 0.25) is 0 Å². The molecule has 2 atom stereocenters. The van der Waals surface area contributed by atoms with Crippen LogP contribution in [0.5, 0.6) is 0 Å². The molecule has 2 aliphatic rings. The minimum atomic E-state index is 0.0346. The molecule has 2 heterocycles. The van der Waals surface area contributed by atoms with Crippen molar-refractivity contribution >= 4 is 17.4 Å². The molecule has 4 rings (SSSR count). The van der Waals surface area contributed by atoms with Gasteiger partial charge in [-0.25, -0.2) is 4.79 Å². The van der Waals surface area contributed by atoms with Gasteiger partial charge in [0, 0.05) is 36.5 Å². The number of benzene rings is 2. The molecule has 2 aromatic rings. The molecular formula is C20H23N3O. The highest BCUT2D eigenvalue weighted by Gasteiger charge is 2.33. The topological polar surface area (TPSA) is 35.6 Å². The van der Waals surface area contributed by atoms with Crippen LogP contribution in [0.15, 0.2) is 54.6 Å². The minimum Gasteiger partial charge on any atom is -0.369 e. The fraction of sp³-hybridized carbons (Fsp3) is 0.350. The zero-order valence-corrected chi connectivity index (χ0v) is 14.0. The van der Waals surface area contributed by atoms with Gasteiger partial charge in [-0.15, -0.1) is 0 Å². The minimum absolute atomic E-state index is 0.0346. The molecule has 24 heavy (non-hydrogen) atoms. The summed E-state index contributed by atoms with van der Waals surface area (Å²) in [5, 5.41) is 3.24. The van der Waals surface area contributed by atoms with Crippen molar-refractivity contribution in [2.45, 2.75) is 31.8 Å². The van der Waals surface area contributed by atoms with Crippen LogP contribution in [0.1, 0.15) is 18.9 Å². The Hall–Kier alpha value is -2.49. The molecule has 0 radical (unpaired) electrons. The largest absolute Gasteiger partial charge is 0.369 e. The van der Waals surface area contributed by atoms with Gasteiger partial charge in [0.15, 0.2) is 0 Å². The van der Waals surface area contributed by atoms with Gasteiger partial charge in [0.05, 0.1) is 0 Å². The average molecular weight is 321 g/mol. The summed E-state index contributed by atoms with van der Waals surface area (Å²) >= 11 is 0. The highest BCUT2D eigenvalue weighted by molar-refractivity contribution is 5.95. The summed E-state index contributed by atoms with van der Waals surface area (Å²) in [6, 6.07) is 19.1. The monoisotopic (exact) mass is 321 g/mol. The molecule has 1 saturated heterocycles. The lowest BCUT2D eigenvalue weighted by atomic mass is 10.1. The van der Waals surface area contributed by atoms with Gasteiger partial charge in [-0.3, -0.25) is 4.90 Å². The number of carbonyl (C=O) groups is 1. The van der Waals surface area contributed by atoms with E-state index in [9.17, 15) is 4.79 Å². The first-order valence-electron chi connectivity index (χ1n) is 8.70. The number of nitrogens with one attached hydrogen (secondary N) is 1. The van der Waals surface area contributed by atoms with Crippen LogP contribution in [0, 0.1) is 0 Å². The van der Waals surface area contributed by atoms with E-state index in [1.165, 1.54) is 11.3 Å². The second kappa shape index (κ2) is 6.19. The second-order valence-corrected chi connectivity index (χ2v) is 6.77. The molecule has 0 aliphatic carbocycles. The smallest absolute Gasteiger partial charge is 0.322 e. The van der Waals surface area contributed by atoms with E-state index in [0.717, 1.165) is 31.6 Å². The van der Waals surface area contributed by atoms with Crippen molar-refractivity contribution in [1.82, 2.24) is 5.32 Å². The van der Waals surface area contributed by atoms with Crippen molar-refractivity contribution in [3.05, 3.63) is 60.2 Å². The normalized spacial score (nSPS) is 22.5. The van der Waals surface area contributed by atoms with Crippen molar-refractivity contribution in [2.75, 3.05) is 22.9 Å². The van der Waals surface area contributed by atoms with Crippen LogP contribution in [-0.4, -0.2) is 31.2 Å². The van der Waals surface area contributed by atoms with Gasteiger partial charge in [0.25, 0.3) is 0 Å². The lowest BCUT2D eigenvalue weighted by Crippen LogP contribution is -2.48. The van der Waals surface area contributed by atoms with Gasteiger partial charge >= 0.3 is 6.03 Å². The summed E-state index contributed by atoms with van der Waals surface area (Å²) in [4.78, 5) is 17.1. The highest BCUT2D eigenvalue weighted by Crippen LogP contribution is 2.32. The Labute approximate surface area is 143 Å². The van der Waals surface area contributed by atoms with Crippen LogP contribution < -0.4 is 15.1 Å². The molecule has 2 amide bonds. The summed E-state index contributed by atoms with van der Waals surface area (Å²) in [6.07, 6.45) is 1.93. The van der Waals surface area contributed by atoms with E-state index >= 15 is 0 Å². The summed E-state index contributed by atoms with van der Waals surface area (Å²) in [6.45, 7) is 3.98. The van der Waals surface area contributed by atoms with E-state index in [4.69, 9.17) is 0 Å². The second-order valence-electron chi connectivity index (χ2n) is 6.77. The first kappa shape index (κ1) is 15.1. The third-order valence-electron chi connectivity index (χ3n) is 5.06. The maximum absolute atomic E-state index is 12.8. The Balaban J connectivity index is 1.42. The number of hydrogen-bond donors (Lipinski definition) is 1. The van der Waals surface area contributed by atoms with Gasteiger partial charge in [-0.1, -0.05) is 36.4 Å². The van der Waals surface area contributed by atoms with Crippen LogP contribution in [-0.2, 0) is 6.42 Å². The summed E-state index contributed by atoms with van der Waals surface area (Å²) in [5.41, 5.74) is 3.55. The number of rotatable bonds is 2. The zero-order valence-electron chi connectivity index (χ0n) is 14.0. The summed E-state index contributed by atoms with van der Waals surface area (Å²) in [5.74, 6) is 0. The fourth-order valence-electron chi connectivity index (χ4n) is 3.87. The third-order valence-corrected chi connectivity index (χ3v) is 5.06. The molecule has 1 N–H and O–H groups in total. The van der Waals surface area contributed by atoms with Gasteiger partial charge in [0.1, 0.15) is 0 Å². The van der Waals surface area contributed by atoms with Crippen LogP contribution in [0.2, 0.25) is 0 Å². The molecule has 4 nitrogen and oxygen atoms in total. The van der Waals surface area contributed by atoms with Crippen LogP contribution in [0.3, 0.4) is 0 Å². The van der Waals surface area contributed by atoms with E-state index in [2.05, 4.69) is 47.5 Å². The molecule has 0 bridgehead atoms. The number of urea groups is 1. The van der Waals surface area contributed by atoms with Gasteiger partial charge in [-0.05, 0) is 43.5 Å². The number of fused-ring (bicyclic) bond motifs is 1. The van der Waals surface area contributed by atoms with Crippen molar-refractivity contribution in [1.29, 1.82) is 0 Å². The fourth-order valence-corrected chi connectivity index (χ4v) is 3.87. The molecule has 2 aliphatic heterocycles. The van der Waals surface area contributed by atoms with Gasteiger partial charge in [-0.2, -0.15) is 0 Å². The van der Waals surface area contributed by atoms with Crippen LogP contribution in [0.4, 0.5) is 16.2 Å². The Morgan fingerprint density at radius 1 is 1.08 bits per heavy atom. The SMILES string of the molecule is CC1Cc2ccccc2N1C(=O)NC1CCN(c2ccccc2)C1. The molecular weight excluding hydrogens is 298 g/mol. The van der Waals surface area contributed by atoms with E-state index in [1.54, 1.807) is 0 Å². The number of nitrogens with zero attached hydrogens (tertiary/aromatic N) is 2. The highest BCUT2D eigenvalue weighted by atomic mass is 16.2. The number of carbonyl (C=O) groups excluding carboxylic acids is 1. The predicted molar refractivity (Wildman–Crippen MR) is 97.7 cm³/mol. The number of anilines is 2. The molecule has 4 heteroatoms. The average Bonchev–Trinajstić information content (AvgIpc) is 3.19. The lowest BCUT2D eigenvalue weighted by Gasteiger charge is -2.25. The Bertz CT molecular complexity index is 731. The molecule has 2 aromatic carbocycles. The van der Waals surface area contributed by atoms with E-state index in [0.29, 0.717) is 0 Å². The first-order valence-corrected chi connectivity index (χ1v) is 8.70. The Morgan fingerprint density at radius 2 is 1.83 bits per heavy atom. The van der Waals surface area contributed by atoms with E-state index in [-0.39, 0.29) is 18.1 Å². The maximum Gasteiger partial charge on any atom is 0.322 e. The molecule has 0 saturated carbocycles. The number of hydrogen-bond acceptors (Lipinski definition) is 2. The third kappa shape index (κ3) is 2.73. The van der Waals surface area contributed by atoms with Gasteiger partial charge < -0.3 is 10.2 Å². The quantitative estimate of drug-likeness (QED) is 0.920. The lowest BCUT2D eigenvalue weighted by molar-refractivity contribution is 0.242. The molecule has 124 valence electrons.